The zero-order valence-electron chi connectivity index (χ0n) is 11.4. The molecular weight excluding hydrogens is 276 g/mol. The van der Waals surface area contributed by atoms with Gasteiger partial charge in [0.2, 0.25) is 10.0 Å². The Morgan fingerprint density at radius 2 is 2.20 bits per heavy atom. The molecule has 1 aliphatic rings. The molecule has 1 heterocycles. The van der Waals surface area contributed by atoms with Gasteiger partial charge in [0.25, 0.3) is 0 Å². The van der Waals surface area contributed by atoms with Gasteiger partial charge >= 0.3 is 0 Å². The highest BCUT2D eigenvalue weighted by molar-refractivity contribution is 7.89. The van der Waals surface area contributed by atoms with Crippen LogP contribution < -0.4 is 0 Å². The van der Waals surface area contributed by atoms with Gasteiger partial charge in [0.15, 0.2) is 0 Å². The molecule has 6 heteroatoms. The summed E-state index contributed by atoms with van der Waals surface area (Å²) in [5.41, 5.74) is 0.543. The van der Waals surface area contributed by atoms with Gasteiger partial charge < -0.3 is 5.11 Å². The summed E-state index contributed by atoms with van der Waals surface area (Å²) >= 11 is 0. The van der Waals surface area contributed by atoms with Gasteiger partial charge in [-0.3, -0.25) is 4.98 Å². The van der Waals surface area contributed by atoms with Gasteiger partial charge in [0.1, 0.15) is 4.90 Å². The number of hydrogen-bond donors (Lipinski definition) is 1. The summed E-state index contributed by atoms with van der Waals surface area (Å²) in [5, 5.41) is 8.67. The van der Waals surface area contributed by atoms with Crippen molar-refractivity contribution >= 4 is 10.0 Å². The molecule has 5 nitrogen and oxygen atoms in total. The van der Waals surface area contributed by atoms with Crippen molar-refractivity contribution in [2.24, 2.45) is 0 Å². The molecule has 1 fully saturated rings. The van der Waals surface area contributed by atoms with Gasteiger partial charge in [-0.1, -0.05) is 18.3 Å². The summed E-state index contributed by atoms with van der Waals surface area (Å²) in [6.45, 7) is -0.0111. The maximum absolute atomic E-state index is 12.4. The van der Waals surface area contributed by atoms with E-state index < -0.39 is 10.0 Å². The van der Waals surface area contributed by atoms with E-state index in [1.165, 1.54) is 22.8 Å². The van der Waals surface area contributed by atoms with Crippen LogP contribution in [0.1, 0.15) is 31.2 Å². The summed E-state index contributed by atoms with van der Waals surface area (Å²) in [4.78, 5) is 4.11. The first kappa shape index (κ1) is 15.0. The quantitative estimate of drug-likeness (QED) is 0.841. The molecule has 1 aromatic heterocycles. The summed E-state index contributed by atoms with van der Waals surface area (Å²) in [6, 6.07) is 1.63. The molecule has 0 amide bonds. The third-order valence-electron chi connectivity index (χ3n) is 3.45. The maximum atomic E-state index is 12.4. The monoisotopic (exact) mass is 294 g/mol. The third kappa shape index (κ3) is 3.18. The fourth-order valence-corrected chi connectivity index (χ4v) is 3.37. The maximum Gasteiger partial charge on any atom is 0.244 e. The normalized spacial score (nSPS) is 15.6. The van der Waals surface area contributed by atoms with E-state index in [0.29, 0.717) is 12.0 Å². The van der Waals surface area contributed by atoms with Crippen molar-refractivity contribution in [3.8, 4) is 11.8 Å². The second-order valence-corrected chi connectivity index (χ2v) is 6.79. The number of aliphatic hydroxyl groups excluding tert-OH is 1. The van der Waals surface area contributed by atoms with Gasteiger partial charge in [0.05, 0.1) is 6.61 Å². The lowest BCUT2D eigenvalue weighted by molar-refractivity contribution is 0.249. The smallest absolute Gasteiger partial charge is 0.244 e. The highest BCUT2D eigenvalue weighted by atomic mass is 32.2. The molecular formula is C14H18N2O3S. The highest BCUT2D eigenvalue weighted by Crippen LogP contribution is 2.28. The second kappa shape index (κ2) is 6.35. The van der Waals surface area contributed by atoms with E-state index in [4.69, 9.17) is 5.11 Å². The number of sulfonamides is 1. The molecule has 108 valence electrons. The van der Waals surface area contributed by atoms with E-state index in [-0.39, 0.29) is 17.5 Å². The molecule has 0 bridgehead atoms. The fraction of sp³-hybridized carbons (Fsp3) is 0.500. The minimum atomic E-state index is -3.50. The van der Waals surface area contributed by atoms with Crippen LogP contribution in [0.5, 0.6) is 0 Å². The highest BCUT2D eigenvalue weighted by Gasteiger charge is 2.31. The minimum absolute atomic E-state index is 0.0111. The first-order valence-electron chi connectivity index (χ1n) is 6.58. The lowest BCUT2D eigenvalue weighted by Crippen LogP contribution is -2.41. The molecule has 20 heavy (non-hydrogen) atoms. The number of pyridine rings is 1. The number of hydrogen-bond acceptors (Lipinski definition) is 4. The van der Waals surface area contributed by atoms with Crippen molar-refractivity contribution in [2.45, 2.75) is 36.6 Å². The van der Waals surface area contributed by atoms with Gasteiger partial charge in [-0.25, -0.2) is 8.42 Å². The summed E-state index contributed by atoms with van der Waals surface area (Å²) < 4.78 is 26.3. The van der Waals surface area contributed by atoms with Crippen molar-refractivity contribution in [1.29, 1.82) is 0 Å². The van der Waals surface area contributed by atoms with Crippen LogP contribution in [-0.4, -0.2) is 42.5 Å². The Kier molecular flexibility index (Phi) is 4.76. The fourth-order valence-electron chi connectivity index (χ4n) is 1.96. The molecule has 1 N–H and O–H groups in total. The van der Waals surface area contributed by atoms with Crippen molar-refractivity contribution in [2.75, 3.05) is 13.7 Å². The van der Waals surface area contributed by atoms with E-state index in [2.05, 4.69) is 16.8 Å². The SMILES string of the molecule is CN(C1CCC1)S(=O)(=O)c1cncc(C#CCCO)c1. The zero-order valence-corrected chi connectivity index (χ0v) is 12.2. The van der Waals surface area contributed by atoms with Crippen LogP contribution in [0, 0.1) is 11.8 Å². The summed E-state index contributed by atoms with van der Waals surface area (Å²) in [5.74, 6) is 5.55. The molecule has 0 unspecified atom stereocenters. The van der Waals surface area contributed by atoms with Gasteiger partial charge in [-0.2, -0.15) is 4.31 Å². The van der Waals surface area contributed by atoms with Crippen molar-refractivity contribution in [1.82, 2.24) is 9.29 Å². The predicted molar refractivity (Wildman–Crippen MR) is 75.4 cm³/mol. The van der Waals surface area contributed by atoms with E-state index in [9.17, 15) is 8.42 Å². The standard InChI is InChI=1S/C14H18N2O3S/c1-16(13-6-4-7-13)20(18,19)14-9-12(10-15-11-14)5-2-3-8-17/h9-11,13,17H,3-4,6-8H2,1H3. The first-order valence-corrected chi connectivity index (χ1v) is 8.02. The predicted octanol–water partition coefficient (Wildman–Crippen LogP) is 0.989. The molecule has 1 aromatic rings. The molecule has 0 radical (unpaired) electrons. The molecule has 1 aliphatic carbocycles. The molecule has 0 saturated heterocycles. The Morgan fingerprint density at radius 3 is 2.80 bits per heavy atom. The zero-order chi connectivity index (χ0) is 14.6. The Hall–Kier alpha value is -1.42. The van der Waals surface area contributed by atoms with Gasteiger partial charge in [-0.15, -0.1) is 0 Å². The molecule has 2 rings (SSSR count). The third-order valence-corrected chi connectivity index (χ3v) is 5.32. The van der Waals surface area contributed by atoms with Crippen molar-refractivity contribution in [3.05, 3.63) is 24.0 Å². The minimum Gasteiger partial charge on any atom is -0.395 e. The van der Waals surface area contributed by atoms with Crippen LogP contribution in [0.25, 0.3) is 0 Å². The van der Waals surface area contributed by atoms with E-state index >= 15 is 0 Å². The summed E-state index contributed by atoms with van der Waals surface area (Å²) in [7, 11) is -1.88. The first-order chi connectivity index (χ1) is 9.55. The Bertz CT molecular complexity index is 627. The van der Waals surface area contributed by atoms with E-state index in [1.807, 2.05) is 0 Å². The van der Waals surface area contributed by atoms with E-state index in [1.54, 1.807) is 7.05 Å². The van der Waals surface area contributed by atoms with Crippen LogP contribution in [0.3, 0.4) is 0 Å². The van der Waals surface area contributed by atoms with Crippen LogP contribution in [0.4, 0.5) is 0 Å². The topological polar surface area (TPSA) is 70.5 Å². The van der Waals surface area contributed by atoms with Crippen LogP contribution in [0.15, 0.2) is 23.4 Å². The summed E-state index contributed by atoms with van der Waals surface area (Å²) in [6.07, 6.45) is 6.14. The average Bonchev–Trinajstić information content (AvgIpc) is 2.37. The molecule has 0 aliphatic heterocycles. The number of aromatic nitrogens is 1. The Labute approximate surface area is 119 Å². The Morgan fingerprint density at radius 1 is 1.45 bits per heavy atom. The molecule has 0 aromatic carbocycles. The largest absolute Gasteiger partial charge is 0.395 e. The van der Waals surface area contributed by atoms with Gasteiger partial charge in [-0.05, 0) is 18.9 Å². The number of rotatable bonds is 4. The average molecular weight is 294 g/mol. The Balaban J connectivity index is 2.23. The molecule has 0 atom stereocenters. The molecule has 0 spiro atoms. The van der Waals surface area contributed by atoms with Crippen LogP contribution in [-0.2, 0) is 10.0 Å². The van der Waals surface area contributed by atoms with Crippen LogP contribution in [0.2, 0.25) is 0 Å². The van der Waals surface area contributed by atoms with Crippen molar-refractivity contribution < 1.29 is 13.5 Å². The van der Waals surface area contributed by atoms with Crippen LogP contribution >= 0.6 is 0 Å². The van der Waals surface area contributed by atoms with Gasteiger partial charge in [0, 0.05) is 37.5 Å². The number of nitrogens with zero attached hydrogens (tertiary/aromatic N) is 2. The lowest BCUT2D eigenvalue weighted by atomic mass is 9.94. The van der Waals surface area contributed by atoms with Crippen molar-refractivity contribution in [3.63, 3.8) is 0 Å². The van der Waals surface area contributed by atoms with E-state index in [0.717, 1.165) is 19.3 Å². The lowest BCUT2D eigenvalue weighted by Gasteiger charge is -2.33. The molecule has 1 saturated carbocycles. The second-order valence-electron chi connectivity index (χ2n) is 4.79. The number of aliphatic hydroxyl groups is 1.